The predicted molar refractivity (Wildman–Crippen MR) is 63.7 cm³/mol. The lowest BCUT2D eigenvalue weighted by Gasteiger charge is -1.88. The number of rotatable bonds is 2. The number of hydrogen-bond acceptors (Lipinski definition) is 2. The molecule has 0 aliphatic heterocycles. The molecule has 0 unspecified atom stereocenters. The van der Waals surface area contributed by atoms with E-state index in [2.05, 4.69) is 0 Å². The third kappa shape index (κ3) is 4.33. The van der Waals surface area contributed by atoms with E-state index >= 15 is 0 Å². The fourth-order valence-corrected chi connectivity index (χ4v) is 1.04. The van der Waals surface area contributed by atoms with E-state index < -0.39 is 0 Å². The second kappa shape index (κ2) is 7.12. The summed E-state index contributed by atoms with van der Waals surface area (Å²) in [7, 11) is 0. The van der Waals surface area contributed by atoms with Gasteiger partial charge in [-0.25, -0.2) is 0 Å². The molecular weight excluding hydrogens is 200 g/mol. The molecule has 0 spiro atoms. The maximum absolute atomic E-state index is 10.1. The number of hydrogen-bond donors (Lipinski definition) is 0. The van der Waals surface area contributed by atoms with Gasteiger partial charge in [0.15, 0.2) is 0 Å². The van der Waals surface area contributed by atoms with Gasteiger partial charge in [-0.1, -0.05) is 60.7 Å². The van der Waals surface area contributed by atoms with Crippen molar-refractivity contribution in [3.05, 3.63) is 71.8 Å². The van der Waals surface area contributed by atoms with Gasteiger partial charge in [0.2, 0.25) is 0 Å². The molecule has 0 saturated carbocycles. The van der Waals surface area contributed by atoms with Crippen LogP contribution in [0.1, 0.15) is 20.7 Å². The zero-order valence-electron chi connectivity index (χ0n) is 8.74. The monoisotopic (exact) mass is 212 g/mol. The van der Waals surface area contributed by atoms with Gasteiger partial charge in [0, 0.05) is 11.1 Å². The summed E-state index contributed by atoms with van der Waals surface area (Å²) in [6.45, 7) is 0. The molecule has 0 fully saturated rings. The molecule has 0 N–H and O–H groups in total. The van der Waals surface area contributed by atoms with Crippen LogP contribution in [0.5, 0.6) is 0 Å². The first-order valence-electron chi connectivity index (χ1n) is 4.87. The Balaban J connectivity index is 0.000000181. The van der Waals surface area contributed by atoms with Gasteiger partial charge < -0.3 is 0 Å². The lowest BCUT2D eigenvalue weighted by Crippen LogP contribution is -1.81. The van der Waals surface area contributed by atoms with Crippen molar-refractivity contribution < 1.29 is 9.59 Å². The molecule has 2 heteroatoms. The van der Waals surface area contributed by atoms with Crippen LogP contribution in [-0.4, -0.2) is 12.6 Å². The maximum Gasteiger partial charge on any atom is 0.150 e. The third-order valence-corrected chi connectivity index (χ3v) is 1.88. The molecule has 80 valence electrons. The Bertz CT molecular complexity index is 365. The maximum atomic E-state index is 10.1. The Kier molecular flexibility index (Phi) is 5.28. The van der Waals surface area contributed by atoms with Gasteiger partial charge in [-0.15, -0.1) is 0 Å². The van der Waals surface area contributed by atoms with Crippen molar-refractivity contribution in [1.29, 1.82) is 0 Å². The van der Waals surface area contributed by atoms with Gasteiger partial charge in [0.25, 0.3) is 0 Å². The summed E-state index contributed by atoms with van der Waals surface area (Å²) in [5, 5.41) is 0. The van der Waals surface area contributed by atoms with Crippen LogP contribution in [0.2, 0.25) is 0 Å². The van der Waals surface area contributed by atoms with Gasteiger partial charge in [-0.3, -0.25) is 9.59 Å². The molecule has 0 heterocycles. The van der Waals surface area contributed by atoms with Crippen LogP contribution in [0.15, 0.2) is 60.7 Å². The van der Waals surface area contributed by atoms with Crippen molar-refractivity contribution >= 4 is 12.6 Å². The molecule has 16 heavy (non-hydrogen) atoms. The minimum Gasteiger partial charge on any atom is -0.298 e. The molecule has 2 nitrogen and oxygen atoms in total. The van der Waals surface area contributed by atoms with Gasteiger partial charge >= 0.3 is 0 Å². The summed E-state index contributed by atoms with van der Waals surface area (Å²) < 4.78 is 0. The molecule has 0 bridgehead atoms. The molecule has 2 aromatic carbocycles. The third-order valence-electron chi connectivity index (χ3n) is 1.88. The van der Waals surface area contributed by atoms with Crippen molar-refractivity contribution in [3.8, 4) is 0 Å². The lowest BCUT2D eigenvalue weighted by atomic mass is 10.2. The SMILES string of the molecule is O=Cc1ccc(C=O)cc1.c1ccccc1. The Morgan fingerprint density at radius 1 is 0.562 bits per heavy atom. The summed E-state index contributed by atoms with van der Waals surface area (Å²) >= 11 is 0. The molecule has 0 aromatic heterocycles. The average molecular weight is 212 g/mol. The second-order valence-electron chi connectivity index (χ2n) is 3.06. The lowest BCUT2D eigenvalue weighted by molar-refractivity contribution is 0.111. The molecule has 0 radical (unpaired) electrons. The van der Waals surface area contributed by atoms with E-state index in [1.165, 1.54) is 0 Å². The quantitative estimate of drug-likeness (QED) is 0.717. The highest BCUT2D eigenvalue weighted by molar-refractivity contribution is 5.79. The van der Waals surface area contributed by atoms with Crippen LogP contribution >= 0.6 is 0 Å². The van der Waals surface area contributed by atoms with Crippen molar-refractivity contribution in [2.45, 2.75) is 0 Å². The zero-order valence-corrected chi connectivity index (χ0v) is 8.74. The van der Waals surface area contributed by atoms with E-state index in [9.17, 15) is 9.59 Å². The summed E-state index contributed by atoms with van der Waals surface area (Å²) in [4.78, 5) is 20.2. The van der Waals surface area contributed by atoms with Gasteiger partial charge in [0.05, 0.1) is 0 Å². The van der Waals surface area contributed by atoms with E-state index in [0.717, 1.165) is 12.6 Å². The first-order valence-corrected chi connectivity index (χ1v) is 4.87. The van der Waals surface area contributed by atoms with Crippen molar-refractivity contribution in [3.63, 3.8) is 0 Å². The van der Waals surface area contributed by atoms with Gasteiger partial charge in [-0.05, 0) is 0 Å². The molecule has 0 aliphatic rings. The van der Waals surface area contributed by atoms with Crippen molar-refractivity contribution in [2.75, 3.05) is 0 Å². The highest BCUT2D eigenvalue weighted by atomic mass is 16.1. The summed E-state index contributed by atoms with van der Waals surface area (Å²) in [5.41, 5.74) is 1.18. The molecule has 0 saturated heterocycles. The fraction of sp³-hybridized carbons (Fsp3) is 0. The second-order valence-corrected chi connectivity index (χ2v) is 3.06. The highest BCUT2D eigenvalue weighted by Crippen LogP contribution is 1.98. The molecule has 2 aromatic rings. The molecule has 0 atom stereocenters. The normalized spacial score (nSPS) is 8.50. The first-order chi connectivity index (χ1) is 7.86. The van der Waals surface area contributed by atoms with Crippen molar-refractivity contribution in [1.82, 2.24) is 0 Å². The van der Waals surface area contributed by atoms with Gasteiger partial charge in [-0.2, -0.15) is 0 Å². The van der Waals surface area contributed by atoms with Crippen LogP contribution in [0.3, 0.4) is 0 Å². The van der Waals surface area contributed by atoms with Crippen LogP contribution in [0.25, 0.3) is 0 Å². The molecule has 2 rings (SSSR count). The minimum absolute atomic E-state index is 0.589. The molecule has 0 amide bonds. The molecule has 0 aliphatic carbocycles. The van der Waals surface area contributed by atoms with Crippen LogP contribution in [0.4, 0.5) is 0 Å². The predicted octanol–water partition coefficient (Wildman–Crippen LogP) is 3.00. The van der Waals surface area contributed by atoms with E-state index in [1.807, 2.05) is 36.4 Å². The Hall–Kier alpha value is -2.22. The zero-order chi connectivity index (χ0) is 11.6. The average Bonchev–Trinajstić information content (AvgIpc) is 2.41. The van der Waals surface area contributed by atoms with E-state index in [4.69, 9.17) is 0 Å². The standard InChI is InChI=1S/C8H6O2.C6H6/c9-5-7-1-2-8(6-10)4-3-7;1-2-4-6-5-3-1/h1-6H;1-6H. The Morgan fingerprint density at radius 2 is 0.812 bits per heavy atom. The van der Waals surface area contributed by atoms with Crippen LogP contribution < -0.4 is 0 Å². The number of carbonyl (C=O) groups is 2. The Labute approximate surface area is 94.5 Å². The van der Waals surface area contributed by atoms with E-state index in [-0.39, 0.29) is 0 Å². The topological polar surface area (TPSA) is 34.1 Å². The van der Waals surface area contributed by atoms with Crippen LogP contribution in [0, 0.1) is 0 Å². The van der Waals surface area contributed by atoms with E-state index in [0.29, 0.717) is 11.1 Å². The summed E-state index contributed by atoms with van der Waals surface area (Å²) in [6.07, 6.45) is 1.49. The van der Waals surface area contributed by atoms with Gasteiger partial charge in [0.1, 0.15) is 12.6 Å². The smallest absolute Gasteiger partial charge is 0.150 e. The Morgan fingerprint density at radius 3 is 1.00 bits per heavy atom. The molecular formula is C14H12O2. The summed E-state index contributed by atoms with van der Waals surface area (Å²) in [6, 6.07) is 18.4. The largest absolute Gasteiger partial charge is 0.298 e. The number of carbonyl (C=O) groups excluding carboxylic acids is 2. The van der Waals surface area contributed by atoms with Crippen LogP contribution in [-0.2, 0) is 0 Å². The fourth-order valence-electron chi connectivity index (χ4n) is 1.04. The number of aldehydes is 2. The van der Waals surface area contributed by atoms with Crippen molar-refractivity contribution in [2.24, 2.45) is 0 Å². The first kappa shape index (κ1) is 11.9. The summed E-state index contributed by atoms with van der Waals surface area (Å²) in [5.74, 6) is 0. The van der Waals surface area contributed by atoms with E-state index in [1.54, 1.807) is 24.3 Å². The minimum atomic E-state index is 0.589. The number of benzene rings is 2. The highest BCUT2D eigenvalue weighted by Gasteiger charge is 1.88.